The normalized spacial score (nSPS) is 16.4. The second-order valence-corrected chi connectivity index (χ2v) is 9.60. The fourth-order valence-electron chi connectivity index (χ4n) is 3.41. The Morgan fingerprint density at radius 2 is 1.72 bits per heavy atom. The van der Waals surface area contributed by atoms with E-state index in [9.17, 15) is 17.6 Å². The number of benzene rings is 2. The molecule has 8 heteroatoms. The van der Waals surface area contributed by atoms with Gasteiger partial charge in [0.1, 0.15) is 5.82 Å². The van der Waals surface area contributed by atoms with Gasteiger partial charge in [0.25, 0.3) is 5.91 Å². The van der Waals surface area contributed by atoms with E-state index in [1.54, 1.807) is 19.2 Å². The highest BCUT2D eigenvalue weighted by atomic mass is 35.5. The first kappa shape index (κ1) is 21.7. The third kappa shape index (κ3) is 4.63. The average Bonchev–Trinajstić information content (AvgIpc) is 2.73. The van der Waals surface area contributed by atoms with Gasteiger partial charge in [0.15, 0.2) is 0 Å². The summed E-state index contributed by atoms with van der Waals surface area (Å²) in [7, 11) is -2.07. The molecule has 0 bridgehead atoms. The number of sulfonamides is 1. The Hall–Kier alpha value is -1.96. The highest BCUT2D eigenvalue weighted by molar-refractivity contribution is 7.89. The van der Waals surface area contributed by atoms with E-state index in [4.69, 9.17) is 11.6 Å². The molecule has 0 saturated carbocycles. The summed E-state index contributed by atoms with van der Waals surface area (Å²) >= 11 is 6.24. The molecular formula is C21H24ClFN2O3S. The van der Waals surface area contributed by atoms with Crippen molar-refractivity contribution < 1.29 is 17.6 Å². The van der Waals surface area contributed by atoms with Gasteiger partial charge in [-0.05, 0) is 55.7 Å². The molecule has 156 valence electrons. The Morgan fingerprint density at radius 1 is 1.10 bits per heavy atom. The minimum absolute atomic E-state index is 0.0648. The summed E-state index contributed by atoms with van der Waals surface area (Å²) in [4.78, 5) is 14.6. The van der Waals surface area contributed by atoms with Gasteiger partial charge in [-0.3, -0.25) is 4.79 Å². The lowest BCUT2D eigenvalue weighted by Gasteiger charge is -2.27. The number of amides is 1. The third-order valence-corrected chi connectivity index (χ3v) is 7.60. The second-order valence-electron chi connectivity index (χ2n) is 7.25. The fraction of sp³-hybridized carbons (Fsp3) is 0.381. The highest BCUT2D eigenvalue weighted by Gasteiger charge is 2.28. The van der Waals surface area contributed by atoms with Gasteiger partial charge >= 0.3 is 0 Å². The van der Waals surface area contributed by atoms with Crippen LogP contribution in [-0.4, -0.2) is 43.7 Å². The number of carbonyl (C=O) groups excluding carboxylic acids is 1. The van der Waals surface area contributed by atoms with Crippen molar-refractivity contribution >= 4 is 27.5 Å². The standard InChI is InChI=1S/C21H24ClFN2O3S/c1-15(16-6-8-17(23)9-7-16)24(2)21(26)19-14-18(10-11-20(19)22)29(27,28)25-12-4-3-5-13-25/h6-11,14-15H,3-5,12-13H2,1-2H3. The predicted molar refractivity (Wildman–Crippen MR) is 111 cm³/mol. The van der Waals surface area contributed by atoms with Crippen molar-refractivity contribution in [2.24, 2.45) is 0 Å². The Kier molecular flexibility index (Phi) is 6.61. The first-order valence-corrected chi connectivity index (χ1v) is 11.4. The predicted octanol–water partition coefficient (Wildman–Crippen LogP) is 4.49. The van der Waals surface area contributed by atoms with Crippen molar-refractivity contribution in [1.29, 1.82) is 0 Å². The third-order valence-electron chi connectivity index (χ3n) is 5.37. The topological polar surface area (TPSA) is 57.7 Å². The molecule has 2 aromatic rings. The van der Waals surface area contributed by atoms with Crippen LogP contribution in [0.15, 0.2) is 47.4 Å². The van der Waals surface area contributed by atoms with Crippen LogP contribution < -0.4 is 0 Å². The summed E-state index contributed by atoms with van der Waals surface area (Å²) in [6, 6.07) is 9.79. The highest BCUT2D eigenvalue weighted by Crippen LogP contribution is 2.28. The quantitative estimate of drug-likeness (QED) is 0.691. The molecule has 1 amide bonds. The number of nitrogens with zero attached hydrogens (tertiary/aromatic N) is 2. The summed E-state index contributed by atoms with van der Waals surface area (Å²) in [6.07, 6.45) is 2.68. The van der Waals surface area contributed by atoms with E-state index in [1.807, 2.05) is 6.92 Å². The number of rotatable bonds is 5. The molecule has 5 nitrogen and oxygen atoms in total. The van der Waals surface area contributed by atoms with Gasteiger partial charge in [-0.1, -0.05) is 30.2 Å². The maximum atomic E-state index is 13.2. The maximum absolute atomic E-state index is 13.2. The molecule has 0 N–H and O–H groups in total. The molecule has 3 rings (SSSR count). The molecule has 0 radical (unpaired) electrons. The summed E-state index contributed by atoms with van der Waals surface area (Å²) in [5.74, 6) is -0.754. The van der Waals surface area contributed by atoms with Crippen LogP contribution >= 0.6 is 11.6 Å². The molecule has 1 unspecified atom stereocenters. The molecule has 0 aromatic heterocycles. The van der Waals surface area contributed by atoms with Crippen LogP contribution in [0.1, 0.15) is 48.1 Å². The van der Waals surface area contributed by atoms with Crippen molar-refractivity contribution in [3.63, 3.8) is 0 Å². The molecule has 1 heterocycles. The Bertz CT molecular complexity index is 989. The first-order chi connectivity index (χ1) is 13.7. The number of piperidine rings is 1. The molecule has 0 spiro atoms. The number of hydrogen-bond acceptors (Lipinski definition) is 3. The number of carbonyl (C=O) groups is 1. The SMILES string of the molecule is CC(c1ccc(F)cc1)N(C)C(=O)c1cc(S(=O)(=O)N2CCCCC2)ccc1Cl. The summed E-state index contributed by atoms with van der Waals surface area (Å²) in [5, 5.41) is 0.186. The lowest BCUT2D eigenvalue weighted by atomic mass is 10.1. The van der Waals surface area contributed by atoms with Crippen LogP contribution in [0.5, 0.6) is 0 Å². The summed E-state index contributed by atoms with van der Waals surface area (Å²) in [6.45, 7) is 2.78. The Balaban J connectivity index is 1.88. The van der Waals surface area contributed by atoms with Gasteiger partial charge in [0.05, 0.1) is 21.5 Å². The van der Waals surface area contributed by atoms with Crippen LogP contribution in [0.4, 0.5) is 4.39 Å². The van der Waals surface area contributed by atoms with E-state index < -0.39 is 15.9 Å². The molecule has 1 atom stereocenters. The largest absolute Gasteiger partial charge is 0.335 e. The molecule has 0 aliphatic carbocycles. The van der Waals surface area contributed by atoms with Gasteiger partial charge in [-0.15, -0.1) is 0 Å². The number of halogens is 2. The van der Waals surface area contributed by atoms with Gasteiger partial charge < -0.3 is 4.90 Å². The number of hydrogen-bond donors (Lipinski definition) is 0. The van der Waals surface area contributed by atoms with Crippen molar-refractivity contribution in [3.05, 3.63) is 64.4 Å². The van der Waals surface area contributed by atoms with Crippen molar-refractivity contribution in [2.45, 2.75) is 37.1 Å². The molecule has 29 heavy (non-hydrogen) atoms. The molecule has 1 aliphatic rings. The lowest BCUT2D eigenvalue weighted by molar-refractivity contribution is 0.0742. The second kappa shape index (κ2) is 8.81. The lowest BCUT2D eigenvalue weighted by Crippen LogP contribution is -2.36. The zero-order valence-corrected chi connectivity index (χ0v) is 18.0. The van der Waals surface area contributed by atoms with E-state index in [1.165, 1.54) is 39.5 Å². The van der Waals surface area contributed by atoms with Gasteiger partial charge in [-0.25, -0.2) is 12.8 Å². The minimum Gasteiger partial charge on any atom is -0.335 e. The van der Waals surface area contributed by atoms with E-state index in [-0.39, 0.29) is 27.3 Å². The van der Waals surface area contributed by atoms with E-state index >= 15 is 0 Å². The minimum atomic E-state index is -3.68. The molecule has 1 aliphatic heterocycles. The molecule has 1 fully saturated rings. The molecular weight excluding hydrogens is 415 g/mol. The van der Waals surface area contributed by atoms with E-state index in [0.717, 1.165) is 24.8 Å². The zero-order valence-electron chi connectivity index (χ0n) is 16.4. The van der Waals surface area contributed by atoms with Crippen molar-refractivity contribution in [1.82, 2.24) is 9.21 Å². The van der Waals surface area contributed by atoms with E-state index in [0.29, 0.717) is 13.1 Å². The molecule has 1 saturated heterocycles. The summed E-state index contributed by atoms with van der Waals surface area (Å²) < 4.78 is 40.5. The first-order valence-electron chi connectivity index (χ1n) is 9.54. The zero-order chi connectivity index (χ0) is 21.2. The van der Waals surface area contributed by atoms with Crippen molar-refractivity contribution in [2.75, 3.05) is 20.1 Å². The molecule has 2 aromatic carbocycles. The fourth-order valence-corrected chi connectivity index (χ4v) is 5.16. The summed E-state index contributed by atoms with van der Waals surface area (Å²) in [5.41, 5.74) is 0.886. The van der Waals surface area contributed by atoms with Crippen LogP contribution in [-0.2, 0) is 10.0 Å². The monoisotopic (exact) mass is 438 g/mol. The van der Waals surface area contributed by atoms with Crippen LogP contribution in [0, 0.1) is 5.82 Å². The average molecular weight is 439 g/mol. The van der Waals surface area contributed by atoms with Crippen LogP contribution in [0.25, 0.3) is 0 Å². The van der Waals surface area contributed by atoms with Gasteiger partial charge in [0, 0.05) is 20.1 Å². The maximum Gasteiger partial charge on any atom is 0.255 e. The Labute approximate surface area is 176 Å². The smallest absolute Gasteiger partial charge is 0.255 e. The Morgan fingerprint density at radius 3 is 2.34 bits per heavy atom. The van der Waals surface area contributed by atoms with Crippen LogP contribution in [0.3, 0.4) is 0 Å². The van der Waals surface area contributed by atoms with Crippen molar-refractivity contribution in [3.8, 4) is 0 Å². The van der Waals surface area contributed by atoms with Gasteiger partial charge in [-0.2, -0.15) is 4.31 Å². The van der Waals surface area contributed by atoms with Crippen LogP contribution in [0.2, 0.25) is 5.02 Å². The van der Waals surface area contributed by atoms with E-state index in [2.05, 4.69) is 0 Å². The van der Waals surface area contributed by atoms with Gasteiger partial charge in [0.2, 0.25) is 10.0 Å².